The van der Waals surface area contributed by atoms with E-state index in [-0.39, 0.29) is 11.4 Å². The Hall–Kier alpha value is -2.59. The maximum absolute atomic E-state index is 11.9. The van der Waals surface area contributed by atoms with Crippen molar-refractivity contribution in [3.63, 3.8) is 0 Å². The highest BCUT2D eigenvalue weighted by molar-refractivity contribution is 5.81. The zero-order chi connectivity index (χ0) is 18.7. The van der Waals surface area contributed by atoms with Crippen LogP contribution in [0.2, 0.25) is 0 Å². The lowest BCUT2D eigenvalue weighted by Gasteiger charge is -2.20. The number of phenols is 1. The molecular weight excluding hydrogens is 326 g/mol. The summed E-state index contributed by atoms with van der Waals surface area (Å²) in [4.78, 5) is 11.9. The predicted octanol–water partition coefficient (Wildman–Crippen LogP) is 3.52. The van der Waals surface area contributed by atoms with E-state index in [0.29, 0.717) is 24.1 Å². The Bertz CT molecular complexity index is 942. The van der Waals surface area contributed by atoms with E-state index in [1.54, 1.807) is 18.2 Å². The number of aryl methyl sites for hydroxylation is 1. The van der Waals surface area contributed by atoms with Gasteiger partial charge in [-0.2, -0.15) is 0 Å². The Morgan fingerprint density at radius 2 is 1.81 bits per heavy atom. The van der Waals surface area contributed by atoms with Crippen LogP contribution in [0.4, 0.5) is 0 Å². The van der Waals surface area contributed by atoms with Gasteiger partial charge in [0, 0.05) is 34.6 Å². The number of benzene rings is 2. The van der Waals surface area contributed by atoms with Gasteiger partial charge < -0.3 is 14.8 Å². The van der Waals surface area contributed by atoms with Crippen LogP contribution in [-0.2, 0) is 13.0 Å². The van der Waals surface area contributed by atoms with Gasteiger partial charge in [-0.1, -0.05) is 45.0 Å². The number of quaternary nitrogens is 1. The van der Waals surface area contributed by atoms with E-state index in [4.69, 9.17) is 4.42 Å². The predicted molar refractivity (Wildman–Crippen MR) is 103 cm³/mol. The Kier molecular flexibility index (Phi) is 5.43. The molecule has 1 atom stereocenters. The van der Waals surface area contributed by atoms with Crippen molar-refractivity contribution in [2.75, 3.05) is 0 Å². The highest BCUT2D eigenvalue weighted by atomic mass is 16.4. The van der Waals surface area contributed by atoms with Gasteiger partial charge in [-0.25, -0.2) is 4.79 Å². The van der Waals surface area contributed by atoms with Gasteiger partial charge in [0.05, 0.1) is 0 Å². The van der Waals surface area contributed by atoms with E-state index < -0.39 is 0 Å². The first kappa shape index (κ1) is 18.2. The molecule has 3 rings (SSSR count). The van der Waals surface area contributed by atoms with Crippen LogP contribution in [0.5, 0.6) is 5.75 Å². The first-order chi connectivity index (χ1) is 12.5. The average molecular weight is 352 g/mol. The van der Waals surface area contributed by atoms with E-state index in [2.05, 4.69) is 50.4 Å². The Balaban J connectivity index is 1.87. The zero-order valence-electron chi connectivity index (χ0n) is 15.5. The van der Waals surface area contributed by atoms with Crippen molar-refractivity contribution in [3.8, 4) is 5.75 Å². The van der Waals surface area contributed by atoms with Crippen molar-refractivity contribution in [2.45, 2.75) is 39.8 Å². The number of fused-ring (bicyclic) bond motifs is 1. The van der Waals surface area contributed by atoms with E-state index >= 15 is 0 Å². The van der Waals surface area contributed by atoms with E-state index in [9.17, 15) is 9.90 Å². The van der Waals surface area contributed by atoms with E-state index in [1.165, 1.54) is 17.2 Å². The smallest absolute Gasteiger partial charge is 0.336 e. The van der Waals surface area contributed by atoms with Gasteiger partial charge >= 0.3 is 5.63 Å². The van der Waals surface area contributed by atoms with Gasteiger partial charge in [0.25, 0.3) is 0 Å². The second-order valence-corrected chi connectivity index (χ2v) is 7.08. The summed E-state index contributed by atoms with van der Waals surface area (Å²) in [5.74, 6) is 0.552. The van der Waals surface area contributed by atoms with Gasteiger partial charge in [0.1, 0.15) is 23.9 Å². The Morgan fingerprint density at radius 3 is 2.46 bits per heavy atom. The van der Waals surface area contributed by atoms with Crippen LogP contribution in [0.15, 0.2) is 57.7 Å². The standard InChI is InChI=1S/C22H25NO3/c1-4-15-5-7-16(8-6-15)22(14(2)3)23-13-17-11-21(25)26-20-12-18(24)9-10-19(17)20/h5-12,14,22-24H,4,13H2,1-3H3/p+1/t22-/m1/s1. The minimum absolute atomic E-state index is 0.0952. The number of rotatable bonds is 6. The normalized spacial score (nSPS) is 12.6. The fourth-order valence-corrected chi connectivity index (χ4v) is 3.41. The van der Waals surface area contributed by atoms with Gasteiger partial charge in [0.15, 0.2) is 0 Å². The van der Waals surface area contributed by atoms with E-state index in [1.807, 2.05) is 0 Å². The van der Waals surface area contributed by atoms with Crippen molar-refractivity contribution >= 4 is 11.0 Å². The molecule has 0 aliphatic rings. The second-order valence-electron chi connectivity index (χ2n) is 7.08. The first-order valence-corrected chi connectivity index (χ1v) is 9.16. The largest absolute Gasteiger partial charge is 0.508 e. The number of phenolic OH excluding ortho intramolecular Hbond substituents is 1. The van der Waals surface area contributed by atoms with Gasteiger partial charge in [-0.15, -0.1) is 0 Å². The molecule has 0 saturated carbocycles. The van der Waals surface area contributed by atoms with Crippen LogP contribution in [0, 0.1) is 5.92 Å². The van der Waals surface area contributed by atoms with Crippen LogP contribution in [0.25, 0.3) is 11.0 Å². The highest BCUT2D eigenvalue weighted by Crippen LogP contribution is 2.22. The lowest BCUT2D eigenvalue weighted by atomic mass is 9.94. The fourth-order valence-electron chi connectivity index (χ4n) is 3.41. The minimum Gasteiger partial charge on any atom is -0.508 e. The quantitative estimate of drug-likeness (QED) is 0.667. The highest BCUT2D eigenvalue weighted by Gasteiger charge is 2.20. The molecule has 0 aliphatic heterocycles. The SMILES string of the molecule is CCc1ccc([C@H]([NH2+]Cc2cc(=O)oc3cc(O)ccc23)C(C)C)cc1. The van der Waals surface area contributed by atoms with Crippen LogP contribution >= 0.6 is 0 Å². The molecule has 3 N–H and O–H groups in total. The summed E-state index contributed by atoms with van der Waals surface area (Å²) in [5.41, 5.74) is 3.59. The molecule has 0 aliphatic carbocycles. The second kappa shape index (κ2) is 7.75. The lowest BCUT2D eigenvalue weighted by molar-refractivity contribution is -0.717. The monoisotopic (exact) mass is 352 g/mol. The molecule has 26 heavy (non-hydrogen) atoms. The third-order valence-corrected chi connectivity index (χ3v) is 4.90. The molecule has 0 spiro atoms. The number of nitrogens with two attached hydrogens (primary N) is 1. The third-order valence-electron chi connectivity index (χ3n) is 4.90. The van der Waals surface area contributed by atoms with Crippen LogP contribution in [0.3, 0.4) is 0 Å². The summed E-state index contributed by atoms with van der Waals surface area (Å²) in [6.07, 6.45) is 1.04. The molecule has 0 saturated heterocycles. The van der Waals surface area contributed by atoms with Gasteiger partial charge in [0.2, 0.25) is 0 Å². The van der Waals surface area contributed by atoms with Crippen LogP contribution in [0.1, 0.15) is 43.5 Å². The lowest BCUT2D eigenvalue weighted by Crippen LogP contribution is -2.84. The van der Waals surface area contributed by atoms with Crippen LogP contribution < -0.4 is 10.9 Å². The third kappa shape index (κ3) is 3.97. The summed E-state index contributed by atoms with van der Waals surface area (Å²) in [6.45, 7) is 7.25. The fraction of sp³-hybridized carbons (Fsp3) is 0.318. The number of aromatic hydroxyl groups is 1. The van der Waals surface area contributed by atoms with Gasteiger partial charge in [-0.05, 0) is 24.1 Å². The Morgan fingerprint density at radius 1 is 1.08 bits per heavy atom. The molecule has 0 unspecified atom stereocenters. The van der Waals surface area contributed by atoms with Crippen LogP contribution in [-0.4, -0.2) is 5.11 Å². The number of hydrogen-bond donors (Lipinski definition) is 2. The molecule has 4 heteroatoms. The average Bonchev–Trinajstić information content (AvgIpc) is 2.61. The molecule has 0 amide bonds. The molecule has 1 heterocycles. The molecule has 0 radical (unpaired) electrons. The zero-order valence-corrected chi connectivity index (χ0v) is 15.5. The first-order valence-electron chi connectivity index (χ1n) is 9.16. The van der Waals surface area contributed by atoms with Crippen molar-refractivity contribution in [1.29, 1.82) is 0 Å². The summed E-state index contributed by atoms with van der Waals surface area (Å²) in [7, 11) is 0. The molecule has 3 aromatic rings. The Labute approximate surface area is 153 Å². The molecule has 2 aromatic carbocycles. The molecule has 0 fully saturated rings. The molecular formula is C22H26NO3+. The van der Waals surface area contributed by atoms with Crippen molar-refractivity contribution in [3.05, 3.63) is 75.6 Å². The molecule has 136 valence electrons. The van der Waals surface area contributed by atoms with Crippen molar-refractivity contribution < 1.29 is 14.8 Å². The van der Waals surface area contributed by atoms with E-state index in [0.717, 1.165) is 17.4 Å². The summed E-state index contributed by atoms with van der Waals surface area (Å²) >= 11 is 0. The summed E-state index contributed by atoms with van der Waals surface area (Å²) in [6, 6.07) is 15.6. The maximum Gasteiger partial charge on any atom is 0.336 e. The molecule has 4 nitrogen and oxygen atoms in total. The van der Waals surface area contributed by atoms with Gasteiger partial charge in [-0.3, -0.25) is 0 Å². The minimum atomic E-state index is -0.389. The topological polar surface area (TPSA) is 67.0 Å². The van der Waals surface area contributed by atoms with Crippen molar-refractivity contribution in [2.24, 2.45) is 5.92 Å². The maximum atomic E-state index is 11.9. The molecule has 1 aromatic heterocycles. The summed E-state index contributed by atoms with van der Waals surface area (Å²) in [5, 5.41) is 12.8. The number of hydrogen-bond acceptors (Lipinski definition) is 3. The molecule has 0 bridgehead atoms. The van der Waals surface area contributed by atoms with Crippen molar-refractivity contribution in [1.82, 2.24) is 0 Å². The summed E-state index contributed by atoms with van der Waals surface area (Å²) < 4.78 is 5.22.